The van der Waals surface area contributed by atoms with Crippen molar-refractivity contribution in [2.45, 2.75) is 12.8 Å². The normalized spacial score (nSPS) is 13.4. The van der Waals surface area contributed by atoms with E-state index in [9.17, 15) is 4.79 Å². The van der Waals surface area contributed by atoms with Crippen molar-refractivity contribution in [3.63, 3.8) is 0 Å². The number of fused-ring (bicyclic) bond motifs is 2. The highest BCUT2D eigenvalue weighted by molar-refractivity contribution is 6.00. The highest BCUT2D eigenvalue weighted by Gasteiger charge is 2.19. The van der Waals surface area contributed by atoms with Crippen LogP contribution in [0.15, 0.2) is 67.0 Å². The maximum Gasteiger partial charge on any atom is 0.163 e. The Labute approximate surface area is 144 Å². The summed E-state index contributed by atoms with van der Waals surface area (Å²) in [5.74, 6) is 0.246. The SMILES string of the molecule is O=C1CCc2cc(-c3ccc(-n4ncc5ccccc54)cn3)ccc21. The van der Waals surface area contributed by atoms with Gasteiger partial charge in [-0.1, -0.05) is 30.3 Å². The Bertz CT molecular complexity index is 1110. The molecule has 0 amide bonds. The quantitative estimate of drug-likeness (QED) is 0.554. The monoisotopic (exact) mass is 325 g/mol. The summed E-state index contributed by atoms with van der Waals surface area (Å²) in [7, 11) is 0. The molecule has 4 heteroatoms. The Balaban J connectivity index is 1.53. The first kappa shape index (κ1) is 14.1. The molecule has 1 aliphatic carbocycles. The van der Waals surface area contributed by atoms with Crippen LogP contribution >= 0.6 is 0 Å². The minimum absolute atomic E-state index is 0.246. The first-order valence-electron chi connectivity index (χ1n) is 8.35. The van der Waals surface area contributed by atoms with Crippen molar-refractivity contribution in [3.05, 3.63) is 78.1 Å². The molecule has 0 atom stereocenters. The van der Waals surface area contributed by atoms with Gasteiger partial charge in [-0.2, -0.15) is 5.10 Å². The summed E-state index contributed by atoms with van der Waals surface area (Å²) in [4.78, 5) is 16.4. The van der Waals surface area contributed by atoms with Crippen LogP contribution in [0.3, 0.4) is 0 Å². The molecular weight excluding hydrogens is 310 g/mol. The third-order valence-corrected chi connectivity index (χ3v) is 4.79. The summed E-state index contributed by atoms with van der Waals surface area (Å²) in [6, 6.07) is 18.1. The largest absolute Gasteiger partial charge is 0.294 e. The van der Waals surface area contributed by atoms with Crippen LogP contribution in [0.2, 0.25) is 0 Å². The molecule has 1 aliphatic rings. The van der Waals surface area contributed by atoms with E-state index >= 15 is 0 Å². The number of hydrogen-bond acceptors (Lipinski definition) is 3. The van der Waals surface area contributed by atoms with E-state index in [0.29, 0.717) is 6.42 Å². The highest BCUT2D eigenvalue weighted by atomic mass is 16.1. The average Bonchev–Trinajstić information content (AvgIpc) is 3.26. The van der Waals surface area contributed by atoms with Gasteiger partial charge in [-0.25, -0.2) is 4.68 Å². The number of aromatic nitrogens is 3. The van der Waals surface area contributed by atoms with Gasteiger partial charge < -0.3 is 0 Å². The fourth-order valence-electron chi connectivity index (χ4n) is 3.47. The molecule has 0 saturated heterocycles. The molecular formula is C21H15N3O. The van der Waals surface area contributed by atoms with Crippen LogP contribution in [-0.2, 0) is 6.42 Å². The zero-order valence-corrected chi connectivity index (χ0v) is 13.5. The molecule has 0 unspecified atom stereocenters. The number of para-hydroxylation sites is 1. The van der Waals surface area contributed by atoms with Gasteiger partial charge in [-0.05, 0) is 36.2 Å². The standard InChI is InChI=1S/C21H15N3O/c25-21-10-6-14-11-15(5-8-18(14)21)19-9-7-17(13-22-19)24-20-4-2-1-3-16(20)12-23-24/h1-5,7-9,11-13H,6,10H2. The summed E-state index contributed by atoms with van der Waals surface area (Å²) in [6.07, 6.45) is 5.16. The number of nitrogens with zero attached hydrogens (tertiary/aromatic N) is 3. The molecule has 120 valence electrons. The van der Waals surface area contributed by atoms with E-state index < -0.39 is 0 Å². The van der Waals surface area contributed by atoms with Gasteiger partial charge >= 0.3 is 0 Å². The maximum atomic E-state index is 11.8. The van der Waals surface area contributed by atoms with Gasteiger partial charge in [-0.15, -0.1) is 0 Å². The molecule has 4 aromatic rings. The minimum atomic E-state index is 0.246. The van der Waals surface area contributed by atoms with Crippen molar-refractivity contribution in [3.8, 4) is 16.9 Å². The van der Waals surface area contributed by atoms with Crippen LogP contribution in [0.5, 0.6) is 0 Å². The molecule has 2 heterocycles. The smallest absolute Gasteiger partial charge is 0.163 e. The predicted molar refractivity (Wildman–Crippen MR) is 97.0 cm³/mol. The summed E-state index contributed by atoms with van der Waals surface area (Å²) < 4.78 is 1.90. The molecule has 0 saturated carbocycles. The highest BCUT2D eigenvalue weighted by Crippen LogP contribution is 2.27. The van der Waals surface area contributed by atoms with Crippen LogP contribution in [0.25, 0.3) is 27.8 Å². The molecule has 0 bridgehead atoms. The molecule has 0 radical (unpaired) electrons. The van der Waals surface area contributed by atoms with Gasteiger partial charge in [0.1, 0.15) is 0 Å². The van der Waals surface area contributed by atoms with Gasteiger partial charge in [-0.3, -0.25) is 9.78 Å². The average molecular weight is 325 g/mol. The molecule has 4 nitrogen and oxygen atoms in total. The van der Waals surface area contributed by atoms with Crippen LogP contribution in [0.1, 0.15) is 22.3 Å². The first-order chi connectivity index (χ1) is 12.3. The number of carbonyl (C=O) groups excluding carboxylic acids is 1. The lowest BCUT2D eigenvalue weighted by molar-refractivity contribution is 0.0994. The Hall–Kier alpha value is -3.27. The van der Waals surface area contributed by atoms with Crippen molar-refractivity contribution in [1.82, 2.24) is 14.8 Å². The fraction of sp³-hybridized carbons (Fsp3) is 0.0952. The number of rotatable bonds is 2. The van der Waals surface area contributed by atoms with Crippen molar-refractivity contribution in [2.24, 2.45) is 0 Å². The number of pyridine rings is 1. The second-order valence-electron chi connectivity index (χ2n) is 6.31. The van der Waals surface area contributed by atoms with Crippen molar-refractivity contribution >= 4 is 16.7 Å². The zero-order chi connectivity index (χ0) is 16.8. The molecule has 2 aromatic carbocycles. The molecule has 0 N–H and O–H groups in total. The molecule has 0 spiro atoms. The van der Waals surface area contributed by atoms with Crippen LogP contribution in [-0.4, -0.2) is 20.5 Å². The summed E-state index contributed by atoms with van der Waals surface area (Å²) in [5, 5.41) is 5.57. The van der Waals surface area contributed by atoms with E-state index in [4.69, 9.17) is 0 Å². The van der Waals surface area contributed by atoms with Crippen molar-refractivity contribution < 1.29 is 4.79 Å². The number of ketones is 1. The maximum absolute atomic E-state index is 11.8. The molecule has 0 fully saturated rings. The minimum Gasteiger partial charge on any atom is -0.294 e. The Morgan fingerprint density at radius 3 is 2.72 bits per heavy atom. The third kappa shape index (κ3) is 2.26. The molecule has 2 aromatic heterocycles. The van der Waals surface area contributed by atoms with E-state index in [-0.39, 0.29) is 5.78 Å². The summed E-state index contributed by atoms with van der Waals surface area (Å²) in [6.45, 7) is 0. The first-order valence-corrected chi connectivity index (χ1v) is 8.35. The van der Waals surface area contributed by atoms with Gasteiger partial charge in [0.05, 0.1) is 29.3 Å². The number of aryl methyl sites for hydroxylation is 1. The third-order valence-electron chi connectivity index (χ3n) is 4.79. The van der Waals surface area contributed by atoms with Crippen LogP contribution in [0, 0.1) is 0 Å². The summed E-state index contributed by atoms with van der Waals surface area (Å²) in [5.41, 5.74) is 5.94. The van der Waals surface area contributed by atoms with E-state index in [1.54, 1.807) is 0 Å². The second kappa shape index (κ2) is 5.38. The van der Waals surface area contributed by atoms with Gasteiger partial charge in [0.15, 0.2) is 5.78 Å². The predicted octanol–water partition coefficient (Wildman–Crippen LogP) is 4.22. The Kier molecular flexibility index (Phi) is 3.04. The van der Waals surface area contributed by atoms with Crippen LogP contribution < -0.4 is 0 Å². The van der Waals surface area contributed by atoms with E-state index in [1.165, 1.54) is 0 Å². The molecule has 25 heavy (non-hydrogen) atoms. The summed E-state index contributed by atoms with van der Waals surface area (Å²) >= 11 is 0. The topological polar surface area (TPSA) is 47.8 Å². The van der Waals surface area contributed by atoms with Crippen LogP contribution in [0.4, 0.5) is 0 Å². The zero-order valence-electron chi connectivity index (χ0n) is 13.5. The van der Waals surface area contributed by atoms with Gasteiger partial charge in [0, 0.05) is 22.9 Å². The van der Waals surface area contributed by atoms with Gasteiger partial charge in [0.25, 0.3) is 0 Å². The lowest BCUT2D eigenvalue weighted by atomic mass is 10.0. The lowest BCUT2D eigenvalue weighted by Gasteiger charge is -2.07. The van der Waals surface area contributed by atoms with E-state index in [2.05, 4.69) is 16.1 Å². The van der Waals surface area contributed by atoms with Crippen molar-refractivity contribution in [1.29, 1.82) is 0 Å². The van der Waals surface area contributed by atoms with E-state index in [1.807, 2.05) is 65.6 Å². The number of hydrogen-bond donors (Lipinski definition) is 0. The number of Topliss-reactive ketones (excluding diaryl/α,β-unsaturated/α-hetero) is 1. The van der Waals surface area contributed by atoms with Gasteiger partial charge in [0.2, 0.25) is 0 Å². The Morgan fingerprint density at radius 2 is 1.84 bits per heavy atom. The van der Waals surface area contributed by atoms with Crippen molar-refractivity contribution in [2.75, 3.05) is 0 Å². The number of carbonyl (C=O) groups is 1. The molecule has 0 aliphatic heterocycles. The Morgan fingerprint density at radius 1 is 0.920 bits per heavy atom. The second-order valence-corrected chi connectivity index (χ2v) is 6.31. The molecule has 5 rings (SSSR count). The van der Waals surface area contributed by atoms with E-state index in [0.717, 1.165) is 45.4 Å². The fourth-order valence-corrected chi connectivity index (χ4v) is 3.47. The number of benzene rings is 2. The lowest BCUT2D eigenvalue weighted by Crippen LogP contribution is -1.97.